The molecule has 11 heteroatoms. The molecule has 1 aliphatic rings. The van der Waals surface area contributed by atoms with Gasteiger partial charge in [0, 0.05) is 52.0 Å². The Bertz CT molecular complexity index is 1140. The number of rotatable bonds is 4. The van der Waals surface area contributed by atoms with Crippen molar-refractivity contribution in [2.45, 2.75) is 13.1 Å². The van der Waals surface area contributed by atoms with E-state index in [0.29, 0.717) is 22.5 Å². The summed E-state index contributed by atoms with van der Waals surface area (Å²) in [6.07, 6.45) is -3.01. The summed E-state index contributed by atoms with van der Waals surface area (Å²) in [5.41, 5.74) is 1.93. The van der Waals surface area contributed by atoms with Gasteiger partial charge in [-0.1, -0.05) is 17.7 Å². The van der Waals surface area contributed by atoms with Gasteiger partial charge in [0.15, 0.2) is 0 Å². The predicted octanol–water partition coefficient (Wildman–Crippen LogP) is 3.82. The molecule has 34 heavy (non-hydrogen) atoms. The number of halogens is 4. The molecule has 1 aromatic carbocycles. The van der Waals surface area contributed by atoms with Crippen molar-refractivity contribution in [2.75, 3.05) is 45.2 Å². The Balaban J connectivity index is 1.77. The SMILES string of the molecule is CC(C(=O)N1CCN(c2ncc(-c3ccc(C(=O)N(C)C)c(Cl)c3)cc2C#N)CC1)C(F)(F)F. The summed E-state index contributed by atoms with van der Waals surface area (Å²) in [6, 6.07) is 8.70. The van der Waals surface area contributed by atoms with Crippen LogP contribution in [0, 0.1) is 17.2 Å². The standard InChI is InChI=1S/C23H23ClF3N5O2/c1-14(23(25,26)27)21(33)32-8-6-31(7-9-32)20-16(12-28)10-17(13-29-20)15-4-5-18(19(24)11-15)22(34)30(2)3/h4-5,10-11,13-14H,6-9H2,1-3H3. The zero-order valence-electron chi connectivity index (χ0n) is 18.9. The minimum Gasteiger partial charge on any atom is -0.352 e. The topological polar surface area (TPSA) is 80.5 Å². The second kappa shape index (κ2) is 9.89. The number of hydrogen-bond acceptors (Lipinski definition) is 5. The van der Waals surface area contributed by atoms with E-state index in [-0.39, 0.29) is 42.7 Å². The molecule has 1 saturated heterocycles. The number of carbonyl (C=O) groups is 2. The van der Waals surface area contributed by atoms with Crippen molar-refractivity contribution in [2.24, 2.45) is 5.92 Å². The van der Waals surface area contributed by atoms with E-state index in [4.69, 9.17) is 11.6 Å². The van der Waals surface area contributed by atoms with E-state index in [0.717, 1.165) is 6.92 Å². The minimum atomic E-state index is -4.58. The lowest BCUT2D eigenvalue weighted by Gasteiger charge is -2.37. The number of nitrogens with zero attached hydrogens (tertiary/aromatic N) is 5. The minimum absolute atomic E-state index is 0.102. The number of anilines is 1. The maximum absolute atomic E-state index is 12.9. The van der Waals surface area contributed by atoms with Gasteiger partial charge in [0.25, 0.3) is 5.91 Å². The molecule has 1 fully saturated rings. The summed E-state index contributed by atoms with van der Waals surface area (Å²) in [5.74, 6) is -2.85. The van der Waals surface area contributed by atoms with Crippen LogP contribution >= 0.6 is 11.6 Å². The third kappa shape index (κ3) is 5.25. The summed E-state index contributed by atoms with van der Waals surface area (Å²) in [6.45, 7) is 1.57. The zero-order chi connectivity index (χ0) is 25.2. The van der Waals surface area contributed by atoms with Gasteiger partial charge >= 0.3 is 6.18 Å². The lowest BCUT2D eigenvalue weighted by molar-refractivity contribution is -0.185. The maximum atomic E-state index is 12.9. The molecule has 1 aliphatic heterocycles. The second-order valence-electron chi connectivity index (χ2n) is 8.18. The number of alkyl halides is 3. The van der Waals surface area contributed by atoms with E-state index in [1.54, 1.807) is 49.5 Å². The van der Waals surface area contributed by atoms with Crippen molar-refractivity contribution in [1.29, 1.82) is 5.26 Å². The van der Waals surface area contributed by atoms with E-state index in [1.807, 2.05) is 0 Å². The Morgan fingerprint density at radius 2 is 1.79 bits per heavy atom. The van der Waals surface area contributed by atoms with Gasteiger partial charge in [-0.05, 0) is 30.7 Å². The fourth-order valence-electron chi connectivity index (χ4n) is 3.61. The molecule has 0 N–H and O–H groups in total. The van der Waals surface area contributed by atoms with Crippen LogP contribution in [0.2, 0.25) is 5.02 Å². The summed E-state index contributed by atoms with van der Waals surface area (Å²) < 4.78 is 38.6. The van der Waals surface area contributed by atoms with E-state index in [1.165, 1.54) is 9.80 Å². The molecule has 1 unspecified atom stereocenters. The van der Waals surface area contributed by atoms with Gasteiger partial charge in [-0.15, -0.1) is 0 Å². The molecule has 1 aromatic heterocycles. The molecule has 2 heterocycles. The van der Waals surface area contributed by atoms with Gasteiger partial charge in [0.2, 0.25) is 5.91 Å². The molecule has 7 nitrogen and oxygen atoms in total. The number of aromatic nitrogens is 1. The van der Waals surface area contributed by atoms with Gasteiger partial charge in [-0.25, -0.2) is 4.98 Å². The monoisotopic (exact) mass is 493 g/mol. The van der Waals surface area contributed by atoms with E-state index < -0.39 is 18.0 Å². The van der Waals surface area contributed by atoms with Crippen LogP contribution in [0.4, 0.5) is 19.0 Å². The quantitative estimate of drug-likeness (QED) is 0.647. The number of hydrogen-bond donors (Lipinski definition) is 0. The first-order chi connectivity index (χ1) is 15.9. The summed E-state index contributed by atoms with van der Waals surface area (Å²) in [4.78, 5) is 33.1. The summed E-state index contributed by atoms with van der Waals surface area (Å²) >= 11 is 6.29. The van der Waals surface area contributed by atoms with Crippen LogP contribution in [0.1, 0.15) is 22.8 Å². The van der Waals surface area contributed by atoms with E-state index >= 15 is 0 Å². The van der Waals surface area contributed by atoms with Crippen molar-refractivity contribution in [1.82, 2.24) is 14.8 Å². The Kier molecular flexibility index (Phi) is 7.36. The highest BCUT2D eigenvalue weighted by molar-refractivity contribution is 6.34. The molecule has 2 amide bonds. The molecule has 0 spiro atoms. The maximum Gasteiger partial charge on any atom is 0.400 e. The van der Waals surface area contributed by atoms with Crippen LogP contribution in [0.25, 0.3) is 11.1 Å². The molecule has 2 aromatic rings. The van der Waals surface area contributed by atoms with Crippen LogP contribution < -0.4 is 4.90 Å². The van der Waals surface area contributed by atoms with Crippen LogP contribution in [-0.2, 0) is 4.79 Å². The number of amides is 2. The number of pyridine rings is 1. The van der Waals surface area contributed by atoms with Crippen molar-refractivity contribution < 1.29 is 22.8 Å². The lowest BCUT2D eigenvalue weighted by atomic mass is 10.0. The molecule has 0 aliphatic carbocycles. The highest BCUT2D eigenvalue weighted by Gasteiger charge is 2.43. The normalized spacial score (nSPS) is 15.0. The average molecular weight is 494 g/mol. The number of piperazine rings is 1. The van der Waals surface area contributed by atoms with Crippen molar-refractivity contribution >= 4 is 29.2 Å². The number of carbonyl (C=O) groups excluding carboxylic acids is 2. The molecular formula is C23H23ClF3N5O2. The zero-order valence-corrected chi connectivity index (χ0v) is 19.6. The summed E-state index contributed by atoms with van der Waals surface area (Å²) in [5, 5.41) is 9.94. The molecule has 1 atom stereocenters. The fraction of sp³-hybridized carbons (Fsp3) is 0.391. The largest absolute Gasteiger partial charge is 0.400 e. The Morgan fingerprint density at radius 1 is 1.15 bits per heavy atom. The lowest BCUT2D eigenvalue weighted by Crippen LogP contribution is -2.52. The molecule has 180 valence electrons. The molecule has 0 bridgehead atoms. The first kappa shape index (κ1) is 25.3. The highest BCUT2D eigenvalue weighted by Crippen LogP contribution is 2.30. The van der Waals surface area contributed by atoms with Crippen molar-refractivity contribution in [3.63, 3.8) is 0 Å². The van der Waals surface area contributed by atoms with Crippen LogP contribution in [0.15, 0.2) is 30.5 Å². The fourth-order valence-corrected chi connectivity index (χ4v) is 3.87. The highest BCUT2D eigenvalue weighted by atomic mass is 35.5. The molecular weight excluding hydrogens is 471 g/mol. The van der Waals surface area contributed by atoms with Crippen molar-refractivity contribution in [3.8, 4) is 17.2 Å². The van der Waals surface area contributed by atoms with Crippen molar-refractivity contribution in [3.05, 3.63) is 46.6 Å². The number of nitriles is 1. The smallest absolute Gasteiger partial charge is 0.352 e. The van der Waals surface area contributed by atoms with Gasteiger partial charge in [0.1, 0.15) is 17.8 Å². The Labute approximate surface area is 200 Å². The first-order valence-electron chi connectivity index (χ1n) is 10.5. The first-order valence-corrected chi connectivity index (χ1v) is 10.8. The van der Waals surface area contributed by atoms with Gasteiger partial charge in [-0.2, -0.15) is 18.4 Å². The molecule has 3 rings (SSSR count). The summed E-state index contributed by atoms with van der Waals surface area (Å²) in [7, 11) is 3.25. The van der Waals surface area contributed by atoms with Gasteiger partial charge in [-0.3, -0.25) is 9.59 Å². The van der Waals surface area contributed by atoms with Gasteiger partial charge < -0.3 is 14.7 Å². The third-order valence-corrected chi connectivity index (χ3v) is 5.99. The third-order valence-electron chi connectivity index (χ3n) is 5.68. The average Bonchev–Trinajstić information content (AvgIpc) is 2.81. The van der Waals surface area contributed by atoms with E-state index in [9.17, 15) is 28.0 Å². The van der Waals surface area contributed by atoms with E-state index in [2.05, 4.69) is 11.1 Å². The Hall–Kier alpha value is -3.32. The second-order valence-corrected chi connectivity index (χ2v) is 8.58. The van der Waals surface area contributed by atoms with Gasteiger partial charge in [0.05, 0.1) is 16.1 Å². The van der Waals surface area contributed by atoms with Crippen LogP contribution in [0.5, 0.6) is 0 Å². The molecule has 0 saturated carbocycles. The predicted molar refractivity (Wildman–Crippen MR) is 121 cm³/mol. The number of benzene rings is 1. The van der Waals surface area contributed by atoms with Crippen LogP contribution in [-0.4, -0.2) is 73.0 Å². The Morgan fingerprint density at radius 3 is 2.32 bits per heavy atom. The molecule has 0 radical (unpaired) electrons. The van der Waals surface area contributed by atoms with Crippen LogP contribution in [0.3, 0.4) is 0 Å².